The maximum atomic E-state index is 12.5. The van der Waals surface area contributed by atoms with Crippen molar-refractivity contribution < 1.29 is 19.3 Å². The summed E-state index contributed by atoms with van der Waals surface area (Å²) in [6.45, 7) is -0.0922. The Balaban J connectivity index is 1.62. The van der Waals surface area contributed by atoms with E-state index in [1.807, 2.05) is 0 Å². The van der Waals surface area contributed by atoms with Crippen LogP contribution in [0.1, 0.15) is 15.9 Å². The summed E-state index contributed by atoms with van der Waals surface area (Å²) in [6, 6.07) is 10.3. The number of nitrogens with one attached hydrogen (secondary N) is 1. The Labute approximate surface area is 185 Å². The molecule has 0 aliphatic carbocycles. The van der Waals surface area contributed by atoms with Crippen molar-refractivity contribution in [3.8, 4) is 0 Å². The van der Waals surface area contributed by atoms with Gasteiger partial charge in [-0.05, 0) is 41.6 Å². The number of imide groups is 1. The number of carbonyl (C=O) groups excluding carboxylic acids is 3. The van der Waals surface area contributed by atoms with Gasteiger partial charge in [0.05, 0.1) is 20.4 Å². The third kappa shape index (κ3) is 4.99. The van der Waals surface area contributed by atoms with Crippen LogP contribution in [0.3, 0.4) is 0 Å². The lowest BCUT2D eigenvalue weighted by Crippen LogP contribution is -2.37. The fraction of sp³-hybridized carbons (Fsp3) is 0.105. The van der Waals surface area contributed by atoms with Crippen LogP contribution in [-0.4, -0.2) is 40.0 Å². The number of hydrogen-bond acceptors (Lipinski definition) is 6. The highest BCUT2D eigenvalue weighted by Crippen LogP contribution is 2.32. The maximum absolute atomic E-state index is 12.5. The minimum atomic E-state index is -0.646. The van der Waals surface area contributed by atoms with Crippen LogP contribution in [0, 0.1) is 10.1 Å². The van der Waals surface area contributed by atoms with E-state index in [4.69, 9.17) is 23.2 Å². The molecule has 0 radical (unpaired) electrons. The van der Waals surface area contributed by atoms with Crippen molar-refractivity contribution in [1.29, 1.82) is 0 Å². The number of amides is 3. The van der Waals surface area contributed by atoms with Crippen LogP contribution in [-0.2, 0) is 4.79 Å². The van der Waals surface area contributed by atoms with Crippen LogP contribution in [0.2, 0.25) is 10.0 Å². The van der Waals surface area contributed by atoms with Gasteiger partial charge in [0.1, 0.15) is 0 Å². The third-order valence-corrected chi connectivity index (χ3v) is 5.56. The molecule has 1 N–H and O–H groups in total. The number of hydrogen-bond donors (Lipinski definition) is 1. The highest BCUT2D eigenvalue weighted by molar-refractivity contribution is 8.18. The van der Waals surface area contributed by atoms with Crippen LogP contribution in [0.25, 0.3) is 6.08 Å². The van der Waals surface area contributed by atoms with Gasteiger partial charge in [0, 0.05) is 30.2 Å². The number of nitro benzene ring substituents is 1. The van der Waals surface area contributed by atoms with E-state index in [0.29, 0.717) is 5.02 Å². The summed E-state index contributed by atoms with van der Waals surface area (Å²) in [5.41, 5.74) is 0.379. The quantitative estimate of drug-likeness (QED) is 0.385. The van der Waals surface area contributed by atoms with Gasteiger partial charge in [-0.3, -0.25) is 29.4 Å². The molecule has 3 amide bonds. The fourth-order valence-corrected chi connectivity index (χ4v) is 3.77. The zero-order valence-electron chi connectivity index (χ0n) is 15.1. The minimum absolute atomic E-state index is 0.0376. The van der Waals surface area contributed by atoms with Crippen molar-refractivity contribution in [3.63, 3.8) is 0 Å². The van der Waals surface area contributed by atoms with E-state index >= 15 is 0 Å². The first-order chi connectivity index (χ1) is 14.3. The van der Waals surface area contributed by atoms with Crippen molar-refractivity contribution in [2.75, 3.05) is 13.1 Å². The molecule has 1 heterocycles. The van der Waals surface area contributed by atoms with Gasteiger partial charge < -0.3 is 5.32 Å². The van der Waals surface area contributed by atoms with Crippen molar-refractivity contribution >= 4 is 63.8 Å². The molecule has 8 nitrogen and oxygen atoms in total. The molecular weight excluding hydrogens is 453 g/mol. The van der Waals surface area contributed by atoms with Gasteiger partial charge in [0.2, 0.25) is 0 Å². The van der Waals surface area contributed by atoms with Crippen molar-refractivity contribution in [1.82, 2.24) is 10.2 Å². The number of nitrogens with zero attached hydrogens (tertiary/aromatic N) is 2. The van der Waals surface area contributed by atoms with Gasteiger partial charge in [0.15, 0.2) is 0 Å². The fourth-order valence-electron chi connectivity index (χ4n) is 2.58. The molecule has 2 aromatic carbocycles. The highest BCUT2D eigenvalue weighted by atomic mass is 35.5. The third-order valence-electron chi connectivity index (χ3n) is 4.07. The summed E-state index contributed by atoms with van der Waals surface area (Å²) < 4.78 is 0. The Morgan fingerprint density at radius 2 is 1.87 bits per heavy atom. The van der Waals surface area contributed by atoms with Gasteiger partial charge in [-0.25, -0.2) is 0 Å². The van der Waals surface area contributed by atoms with E-state index in [0.717, 1.165) is 28.3 Å². The van der Waals surface area contributed by atoms with Crippen molar-refractivity contribution in [2.45, 2.75) is 0 Å². The number of halogens is 2. The number of nitro groups is 1. The van der Waals surface area contributed by atoms with Crippen LogP contribution in [0.4, 0.5) is 10.5 Å². The molecule has 0 unspecified atom stereocenters. The first-order valence-corrected chi connectivity index (χ1v) is 10.1. The first-order valence-electron chi connectivity index (χ1n) is 8.49. The van der Waals surface area contributed by atoms with Gasteiger partial charge >= 0.3 is 0 Å². The summed E-state index contributed by atoms with van der Waals surface area (Å²) in [4.78, 5) is 48.4. The molecule has 0 spiro atoms. The van der Waals surface area contributed by atoms with Crippen molar-refractivity contribution in [2.24, 2.45) is 0 Å². The Kier molecular flexibility index (Phi) is 6.76. The van der Waals surface area contributed by atoms with E-state index in [2.05, 4.69) is 5.32 Å². The molecular formula is C19H13Cl2N3O5S. The number of rotatable bonds is 6. The minimum Gasteiger partial charge on any atom is -0.350 e. The second-order valence-corrected chi connectivity index (χ2v) is 7.90. The summed E-state index contributed by atoms with van der Waals surface area (Å²) >= 11 is 12.6. The number of non-ortho nitro benzene ring substituents is 1. The van der Waals surface area contributed by atoms with E-state index in [-0.39, 0.29) is 34.3 Å². The van der Waals surface area contributed by atoms with Gasteiger partial charge in [-0.2, -0.15) is 0 Å². The molecule has 0 atom stereocenters. The Morgan fingerprint density at radius 1 is 1.17 bits per heavy atom. The zero-order valence-corrected chi connectivity index (χ0v) is 17.5. The lowest BCUT2D eigenvalue weighted by atomic mass is 10.2. The number of carbonyl (C=O) groups is 3. The Bertz CT molecular complexity index is 1070. The molecule has 1 saturated heterocycles. The molecule has 3 rings (SSSR count). The van der Waals surface area contributed by atoms with Crippen LogP contribution < -0.4 is 5.32 Å². The van der Waals surface area contributed by atoms with E-state index < -0.39 is 22.0 Å². The normalized spacial score (nSPS) is 15.0. The van der Waals surface area contributed by atoms with E-state index in [1.54, 1.807) is 30.3 Å². The predicted molar refractivity (Wildman–Crippen MR) is 115 cm³/mol. The summed E-state index contributed by atoms with van der Waals surface area (Å²) in [5.74, 6) is -1.12. The van der Waals surface area contributed by atoms with Gasteiger partial charge in [-0.15, -0.1) is 0 Å². The van der Waals surface area contributed by atoms with Crippen molar-refractivity contribution in [3.05, 3.63) is 78.7 Å². The first kappa shape index (κ1) is 21.8. The van der Waals surface area contributed by atoms with Crippen LogP contribution in [0.15, 0.2) is 47.4 Å². The van der Waals surface area contributed by atoms with E-state index in [1.165, 1.54) is 12.1 Å². The summed E-state index contributed by atoms with van der Waals surface area (Å²) in [5, 5.41) is 13.5. The average Bonchev–Trinajstić information content (AvgIpc) is 2.97. The Morgan fingerprint density at radius 3 is 2.53 bits per heavy atom. The van der Waals surface area contributed by atoms with Crippen LogP contribution in [0.5, 0.6) is 0 Å². The standard InChI is InChI=1S/C19H13Cl2N3O5S/c20-12-3-1-11(2-4-12)9-16-18(26)23(19(27)30-16)8-7-22-17(25)14-10-13(24(28)29)5-6-15(14)21/h1-6,9-10H,7-8H2,(H,22,25). The molecule has 0 bridgehead atoms. The van der Waals surface area contributed by atoms with E-state index in [9.17, 15) is 24.5 Å². The van der Waals surface area contributed by atoms with Crippen LogP contribution >= 0.6 is 35.0 Å². The summed E-state index contributed by atoms with van der Waals surface area (Å²) in [6.07, 6.45) is 1.59. The second-order valence-electron chi connectivity index (χ2n) is 6.06. The zero-order chi connectivity index (χ0) is 21.8. The smallest absolute Gasteiger partial charge is 0.293 e. The molecule has 1 aliphatic heterocycles. The van der Waals surface area contributed by atoms with Gasteiger partial charge in [-0.1, -0.05) is 35.3 Å². The Hall–Kier alpha value is -2.88. The molecule has 1 aliphatic rings. The molecule has 154 valence electrons. The topological polar surface area (TPSA) is 110 Å². The molecule has 2 aromatic rings. The van der Waals surface area contributed by atoms with Gasteiger partial charge in [0.25, 0.3) is 22.7 Å². The highest BCUT2D eigenvalue weighted by Gasteiger charge is 2.34. The largest absolute Gasteiger partial charge is 0.350 e. The lowest BCUT2D eigenvalue weighted by molar-refractivity contribution is -0.384. The molecule has 1 fully saturated rings. The second kappa shape index (κ2) is 9.29. The molecule has 11 heteroatoms. The molecule has 0 aromatic heterocycles. The number of benzene rings is 2. The maximum Gasteiger partial charge on any atom is 0.293 e. The number of thioether (sulfide) groups is 1. The molecule has 30 heavy (non-hydrogen) atoms. The predicted octanol–water partition coefficient (Wildman–Crippen LogP) is 4.37. The molecule has 0 saturated carbocycles. The average molecular weight is 466 g/mol. The summed E-state index contributed by atoms with van der Waals surface area (Å²) in [7, 11) is 0. The SMILES string of the molecule is O=C(NCCN1C(=O)SC(=Cc2ccc(Cl)cc2)C1=O)c1cc([N+](=O)[O-])ccc1Cl. The lowest BCUT2D eigenvalue weighted by Gasteiger charge is -2.13. The monoisotopic (exact) mass is 465 g/mol.